The van der Waals surface area contributed by atoms with Gasteiger partial charge in [0.1, 0.15) is 12.4 Å². The molecule has 7 nitrogen and oxygen atoms in total. The van der Waals surface area contributed by atoms with Crippen molar-refractivity contribution < 1.29 is 23.8 Å². The third kappa shape index (κ3) is 4.08. The minimum Gasteiger partial charge on any atom is -0.466 e. The SMILES string of the molecule is COC(=O)C1=C(C(=O)OC)N(c2ccccc2N2CCCCCC2)COC1. The van der Waals surface area contributed by atoms with Gasteiger partial charge in [-0.1, -0.05) is 25.0 Å². The molecule has 2 aliphatic heterocycles. The number of benzene rings is 1. The van der Waals surface area contributed by atoms with Gasteiger partial charge in [-0.05, 0) is 25.0 Å². The van der Waals surface area contributed by atoms with Crippen molar-refractivity contribution in [1.82, 2.24) is 0 Å². The number of carbonyl (C=O) groups is 2. The number of ether oxygens (including phenoxy) is 3. The van der Waals surface area contributed by atoms with Crippen LogP contribution in [0.25, 0.3) is 0 Å². The Hall–Kier alpha value is -2.54. The molecule has 0 unspecified atom stereocenters. The van der Waals surface area contributed by atoms with E-state index in [0.29, 0.717) is 0 Å². The van der Waals surface area contributed by atoms with Gasteiger partial charge in [0.15, 0.2) is 0 Å². The fourth-order valence-corrected chi connectivity index (χ4v) is 3.61. The molecule has 2 heterocycles. The van der Waals surface area contributed by atoms with E-state index in [0.717, 1.165) is 37.3 Å². The predicted octanol–water partition coefficient (Wildman–Crippen LogP) is 2.46. The zero-order chi connectivity index (χ0) is 19.2. The van der Waals surface area contributed by atoms with E-state index in [4.69, 9.17) is 14.2 Å². The van der Waals surface area contributed by atoms with Crippen LogP contribution in [0.5, 0.6) is 0 Å². The molecule has 1 fully saturated rings. The number of hydrogen-bond acceptors (Lipinski definition) is 7. The summed E-state index contributed by atoms with van der Waals surface area (Å²) >= 11 is 0. The van der Waals surface area contributed by atoms with Crippen LogP contribution in [-0.4, -0.2) is 52.6 Å². The van der Waals surface area contributed by atoms with Gasteiger partial charge in [-0.15, -0.1) is 0 Å². The van der Waals surface area contributed by atoms with Crippen LogP contribution in [0.15, 0.2) is 35.5 Å². The Morgan fingerprint density at radius 1 is 0.926 bits per heavy atom. The number of rotatable bonds is 4. The molecule has 0 bridgehead atoms. The molecule has 0 N–H and O–H groups in total. The summed E-state index contributed by atoms with van der Waals surface area (Å²) in [5.74, 6) is -1.17. The number of nitrogens with zero attached hydrogens (tertiary/aromatic N) is 2. The molecule has 0 atom stereocenters. The average molecular weight is 374 g/mol. The van der Waals surface area contributed by atoms with E-state index in [1.165, 1.54) is 27.1 Å². The quantitative estimate of drug-likeness (QED) is 0.750. The maximum atomic E-state index is 12.5. The van der Waals surface area contributed by atoms with Crippen molar-refractivity contribution in [2.75, 3.05) is 50.4 Å². The fraction of sp³-hybridized carbons (Fsp3) is 0.500. The van der Waals surface area contributed by atoms with Crippen LogP contribution in [0, 0.1) is 0 Å². The molecular formula is C20H26N2O5. The molecule has 0 aliphatic carbocycles. The van der Waals surface area contributed by atoms with Crippen LogP contribution in [-0.2, 0) is 23.8 Å². The molecule has 7 heteroatoms. The number of esters is 2. The Morgan fingerprint density at radius 3 is 2.19 bits per heavy atom. The van der Waals surface area contributed by atoms with Gasteiger partial charge in [0.25, 0.3) is 0 Å². The largest absolute Gasteiger partial charge is 0.466 e. The van der Waals surface area contributed by atoms with Crippen molar-refractivity contribution in [2.45, 2.75) is 25.7 Å². The molecule has 0 radical (unpaired) electrons. The predicted molar refractivity (Wildman–Crippen MR) is 101 cm³/mol. The molecular weight excluding hydrogens is 348 g/mol. The molecule has 0 amide bonds. The van der Waals surface area contributed by atoms with Gasteiger partial charge >= 0.3 is 11.9 Å². The van der Waals surface area contributed by atoms with Crippen molar-refractivity contribution in [3.05, 3.63) is 35.5 Å². The second kappa shape index (κ2) is 8.90. The number of methoxy groups -OCH3 is 2. The molecule has 1 saturated heterocycles. The Morgan fingerprint density at radius 2 is 1.56 bits per heavy atom. The van der Waals surface area contributed by atoms with E-state index in [-0.39, 0.29) is 24.6 Å². The van der Waals surface area contributed by atoms with Gasteiger partial charge in [-0.2, -0.15) is 0 Å². The Labute approximate surface area is 159 Å². The van der Waals surface area contributed by atoms with Crippen molar-refractivity contribution in [1.29, 1.82) is 0 Å². The molecule has 0 spiro atoms. The molecule has 1 aromatic carbocycles. The summed E-state index contributed by atoms with van der Waals surface area (Å²) in [7, 11) is 2.59. The first-order chi connectivity index (χ1) is 13.2. The number of hydrogen-bond donors (Lipinski definition) is 0. The lowest BCUT2D eigenvalue weighted by Crippen LogP contribution is -2.39. The standard InChI is InChI=1S/C20H26N2O5/c1-25-19(23)15-13-27-14-22(18(15)20(24)26-2)17-10-6-5-9-16(17)21-11-7-3-4-8-12-21/h5-6,9-10H,3-4,7-8,11-14H2,1-2H3. The minimum atomic E-state index is -0.590. The zero-order valence-corrected chi connectivity index (χ0v) is 15.9. The molecule has 2 aliphatic rings. The van der Waals surface area contributed by atoms with E-state index in [1.54, 1.807) is 4.90 Å². The summed E-state index contributed by atoms with van der Waals surface area (Å²) in [5.41, 5.74) is 2.19. The molecule has 27 heavy (non-hydrogen) atoms. The summed E-state index contributed by atoms with van der Waals surface area (Å²) in [6.45, 7) is 2.11. The third-order valence-corrected chi connectivity index (χ3v) is 4.95. The fourth-order valence-electron chi connectivity index (χ4n) is 3.61. The van der Waals surface area contributed by atoms with E-state index in [1.807, 2.05) is 24.3 Å². The minimum absolute atomic E-state index is 0.0134. The molecule has 3 rings (SSSR count). The average Bonchev–Trinajstić information content (AvgIpc) is 3.01. The molecule has 0 aromatic heterocycles. The Bertz CT molecular complexity index is 723. The smallest absolute Gasteiger partial charge is 0.355 e. The number of anilines is 2. The second-order valence-electron chi connectivity index (χ2n) is 6.61. The lowest BCUT2D eigenvalue weighted by atomic mass is 10.1. The maximum absolute atomic E-state index is 12.5. The van der Waals surface area contributed by atoms with Crippen molar-refractivity contribution >= 4 is 23.3 Å². The molecule has 146 valence electrons. The Balaban J connectivity index is 2.06. The number of carbonyl (C=O) groups excluding carboxylic acids is 2. The lowest BCUT2D eigenvalue weighted by molar-refractivity contribution is -0.140. The van der Waals surface area contributed by atoms with Gasteiger partial charge in [-0.25, -0.2) is 9.59 Å². The second-order valence-corrected chi connectivity index (χ2v) is 6.61. The van der Waals surface area contributed by atoms with Crippen LogP contribution >= 0.6 is 0 Å². The Kier molecular flexibility index (Phi) is 6.34. The summed E-state index contributed by atoms with van der Waals surface area (Å²) in [6, 6.07) is 7.88. The first-order valence-electron chi connectivity index (χ1n) is 9.26. The highest BCUT2D eigenvalue weighted by atomic mass is 16.5. The molecule has 0 saturated carbocycles. The van der Waals surface area contributed by atoms with E-state index >= 15 is 0 Å². The summed E-state index contributed by atoms with van der Waals surface area (Å²) in [5, 5.41) is 0. The van der Waals surface area contributed by atoms with Gasteiger partial charge in [-0.3, -0.25) is 0 Å². The normalized spacial score (nSPS) is 18.1. The van der Waals surface area contributed by atoms with Gasteiger partial charge in [0, 0.05) is 13.1 Å². The van der Waals surface area contributed by atoms with E-state index < -0.39 is 11.9 Å². The summed E-state index contributed by atoms with van der Waals surface area (Å²) in [6.07, 6.45) is 4.73. The monoisotopic (exact) mass is 374 g/mol. The van der Waals surface area contributed by atoms with E-state index in [2.05, 4.69) is 4.90 Å². The first-order valence-corrected chi connectivity index (χ1v) is 9.26. The van der Waals surface area contributed by atoms with Gasteiger partial charge < -0.3 is 24.0 Å². The number of para-hydroxylation sites is 2. The van der Waals surface area contributed by atoms with Gasteiger partial charge in [0.05, 0.1) is 37.8 Å². The van der Waals surface area contributed by atoms with Crippen LogP contribution in [0.3, 0.4) is 0 Å². The van der Waals surface area contributed by atoms with Gasteiger partial charge in [0.2, 0.25) is 0 Å². The highest BCUT2D eigenvalue weighted by molar-refractivity contribution is 6.04. The first kappa shape index (κ1) is 19.2. The van der Waals surface area contributed by atoms with E-state index in [9.17, 15) is 9.59 Å². The topological polar surface area (TPSA) is 68.3 Å². The van der Waals surface area contributed by atoms with Crippen LogP contribution in [0.4, 0.5) is 11.4 Å². The molecule has 1 aromatic rings. The highest BCUT2D eigenvalue weighted by Gasteiger charge is 2.33. The summed E-state index contributed by atoms with van der Waals surface area (Å²) < 4.78 is 15.4. The third-order valence-electron chi connectivity index (χ3n) is 4.95. The lowest BCUT2D eigenvalue weighted by Gasteiger charge is -2.35. The maximum Gasteiger partial charge on any atom is 0.355 e. The van der Waals surface area contributed by atoms with Crippen LogP contribution < -0.4 is 9.80 Å². The van der Waals surface area contributed by atoms with Crippen molar-refractivity contribution in [3.63, 3.8) is 0 Å². The summed E-state index contributed by atoms with van der Waals surface area (Å²) in [4.78, 5) is 28.8. The highest BCUT2D eigenvalue weighted by Crippen LogP contribution is 2.35. The van der Waals surface area contributed by atoms with Crippen LogP contribution in [0.2, 0.25) is 0 Å². The van der Waals surface area contributed by atoms with Crippen molar-refractivity contribution in [2.24, 2.45) is 0 Å². The van der Waals surface area contributed by atoms with Crippen molar-refractivity contribution in [3.8, 4) is 0 Å². The zero-order valence-electron chi connectivity index (χ0n) is 15.9. The van der Waals surface area contributed by atoms with Crippen LogP contribution in [0.1, 0.15) is 25.7 Å².